The minimum absolute atomic E-state index is 0.101. The maximum absolute atomic E-state index is 2.62. The van der Waals surface area contributed by atoms with E-state index in [-0.39, 0.29) is 5.41 Å². The Labute approximate surface area is 219 Å². The topological polar surface area (TPSA) is 9.86 Å². The first-order valence-corrected chi connectivity index (χ1v) is 14.1. The summed E-state index contributed by atoms with van der Waals surface area (Å²) in [5, 5.41) is 5.54. The molecule has 2 aliphatic carbocycles. The molecule has 1 spiro atoms. The Hall–Kier alpha value is -4.30. The second-order valence-corrected chi connectivity index (χ2v) is 12.0. The van der Waals surface area contributed by atoms with Crippen molar-refractivity contribution < 1.29 is 0 Å². The van der Waals surface area contributed by atoms with E-state index in [1.807, 2.05) is 0 Å². The Morgan fingerprint density at radius 3 is 2.00 bits per heavy atom. The largest absolute Gasteiger partial charge is 0.309 e. The van der Waals surface area contributed by atoms with Crippen molar-refractivity contribution in [1.82, 2.24) is 9.13 Å². The van der Waals surface area contributed by atoms with E-state index >= 15 is 0 Å². The van der Waals surface area contributed by atoms with Crippen molar-refractivity contribution in [2.24, 2.45) is 5.92 Å². The van der Waals surface area contributed by atoms with E-state index in [2.05, 4.69) is 106 Å². The van der Waals surface area contributed by atoms with Crippen LogP contribution in [0, 0.1) is 5.92 Å². The molecule has 7 aromatic rings. The number of fused-ring (bicyclic) bond motifs is 10. The summed E-state index contributed by atoms with van der Waals surface area (Å²) in [6.07, 6.45) is 3.93. The number of hydrogen-bond donors (Lipinski definition) is 0. The summed E-state index contributed by atoms with van der Waals surface area (Å²) in [5.74, 6) is 1.23. The first kappa shape index (κ1) is 18.9. The van der Waals surface area contributed by atoms with Gasteiger partial charge in [0.05, 0.1) is 38.9 Å². The molecular weight excluding hydrogens is 460 g/mol. The molecule has 4 aliphatic rings. The smallest absolute Gasteiger partial charge is 0.0588 e. The molecule has 0 N–H and O–H groups in total. The van der Waals surface area contributed by atoms with Crippen molar-refractivity contribution in [3.05, 3.63) is 119 Å². The first-order chi connectivity index (χ1) is 18.9. The highest BCUT2D eigenvalue weighted by Crippen LogP contribution is 2.70. The van der Waals surface area contributed by atoms with E-state index in [0.29, 0.717) is 11.8 Å². The molecule has 3 unspecified atom stereocenters. The molecule has 3 atom stereocenters. The van der Waals surface area contributed by atoms with Gasteiger partial charge in [0.25, 0.3) is 0 Å². The Morgan fingerprint density at radius 1 is 0.553 bits per heavy atom. The van der Waals surface area contributed by atoms with Crippen LogP contribution >= 0.6 is 0 Å². The van der Waals surface area contributed by atoms with Gasteiger partial charge in [-0.25, -0.2) is 0 Å². The van der Waals surface area contributed by atoms with Crippen LogP contribution in [-0.4, -0.2) is 9.13 Å². The number of para-hydroxylation sites is 3. The van der Waals surface area contributed by atoms with Gasteiger partial charge in [0.15, 0.2) is 0 Å². The van der Waals surface area contributed by atoms with Crippen molar-refractivity contribution in [3.8, 4) is 11.4 Å². The van der Waals surface area contributed by atoms with Crippen molar-refractivity contribution in [2.75, 3.05) is 0 Å². The van der Waals surface area contributed by atoms with Gasteiger partial charge in [0.2, 0.25) is 0 Å². The van der Waals surface area contributed by atoms with Crippen LogP contribution in [-0.2, 0) is 5.41 Å². The fourth-order valence-corrected chi connectivity index (χ4v) is 9.75. The van der Waals surface area contributed by atoms with Gasteiger partial charge < -0.3 is 9.13 Å². The fourth-order valence-electron chi connectivity index (χ4n) is 9.75. The molecule has 178 valence electrons. The van der Waals surface area contributed by atoms with Gasteiger partial charge in [0, 0.05) is 27.1 Å². The standard InChI is InChI=1S/C36H24N2/c1-3-14-28-21(8-1)24-11-6-13-27-34(24)37(28)30-16-7-17-31-33(30)36(27)26-12-5-10-20(26)23-18-19-25-22-9-2-4-15-29(22)38(31)35(25)32(23)36/h1-4,6-9,11,13-20,26H,5,10,12H2. The summed E-state index contributed by atoms with van der Waals surface area (Å²) in [4.78, 5) is 0. The fraction of sp³-hybridized carbons (Fsp3) is 0.167. The Balaban J connectivity index is 1.50. The summed E-state index contributed by atoms with van der Waals surface area (Å²) in [6.45, 7) is 0. The van der Waals surface area contributed by atoms with Crippen LogP contribution < -0.4 is 0 Å². The van der Waals surface area contributed by atoms with Gasteiger partial charge >= 0.3 is 0 Å². The predicted octanol–water partition coefficient (Wildman–Crippen LogP) is 8.74. The SMILES string of the molecule is c1cc2c3c(c1)-n1c4ccccc4c4ccc5c(c41)C3(c1cccc3c4ccccc4n-2c13)C1CCCC51. The minimum Gasteiger partial charge on any atom is -0.309 e. The van der Waals surface area contributed by atoms with Gasteiger partial charge in [-0.2, -0.15) is 0 Å². The Bertz CT molecular complexity index is 2230. The molecule has 4 heterocycles. The molecule has 2 aromatic heterocycles. The van der Waals surface area contributed by atoms with Crippen molar-refractivity contribution >= 4 is 43.6 Å². The van der Waals surface area contributed by atoms with E-state index < -0.39 is 0 Å². The quantitative estimate of drug-likeness (QED) is 0.204. The van der Waals surface area contributed by atoms with Crippen molar-refractivity contribution in [3.63, 3.8) is 0 Å². The molecule has 38 heavy (non-hydrogen) atoms. The lowest BCUT2D eigenvalue weighted by Crippen LogP contribution is -2.41. The summed E-state index contributed by atoms with van der Waals surface area (Å²) < 4.78 is 5.22. The molecule has 0 saturated heterocycles. The average Bonchev–Trinajstić information content (AvgIpc) is 3.71. The summed E-state index contributed by atoms with van der Waals surface area (Å²) >= 11 is 0. The maximum atomic E-state index is 2.62. The maximum Gasteiger partial charge on any atom is 0.0588 e. The number of nitrogens with zero attached hydrogens (tertiary/aromatic N) is 2. The van der Waals surface area contributed by atoms with Crippen molar-refractivity contribution in [2.45, 2.75) is 30.6 Å². The molecule has 2 heteroatoms. The number of hydrogen-bond acceptors (Lipinski definition) is 0. The molecule has 0 bridgehead atoms. The third-order valence-corrected chi connectivity index (χ3v) is 10.8. The zero-order valence-corrected chi connectivity index (χ0v) is 20.9. The molecule has 2 nitrogen and oxygen atoms in total. The van der Waals surface area contributed by atoms with Crippen LogP contribution in [0.4, 0.5) is 0 Å². The molecule has 5 aromatic carbocycles. The third-order valence-electron chi connectivity index (χ3n) is 10.8. The van der Waals surface area contributed by atoms with Crippen LogP contribution in [0.1, 0.15) is 47.4 Å². The summed E-state index contributed by atoms with van der Waals surface area (Å²) in [7, 11) is 0. The van der Waals surface area contributed by atoms with Crippen LogP contribution in [0.2, 0.25) is 0 Å². The molecule has 0 amide bonds. The van der Waals surface area contributed by atoms with E-state index in [4.69, 9.17) is 0 Å². The van der Waals surface area contributed by atoms with Gasteiger partial charge in [0.1, 0.15) is 0 Å². The monoisotopic (exact) mass is 484 g/mol. The molecule has 2 aliphatic heterocycles. The summed E-state index contributed by atoms with van der Waals surface area (Å²) in [6, 6.07) is 37.3. The van der Waals surface area contributed by atoms with Gasteiger partial charge in [-0.3, -0.25) is 0 Å². The molecule has 1 saturated carbocycles. The highest BCUT2D eigenvalue weighted by Gasteiger charge is 2.61. The first-order valence-electron chi connectivity index (χ1n) is 14.1. The van der Waals surface area contributed by atoms with Crippen LogP contribution in [0.3, 0.4) is 0 Å². The number of rotatable bonds is 0. The lowest BCUT2D eigenvalue weighted by Gasteiger charge is -2.46. The van der Waals surface area contributed by atoms with Gasteiger partial charge in [-0.1, -0.05) is 79.2 Å². The second-order valence-electron chi connectivity index (χ2n) is 12.0. The second kappa shape index (κ2) is 5.89. The van der Waals surface area contributed by atoms with E-state index in [0.717, 1.165) is 0 Å². The van der Waals surface area contributed by atoms with Crippen molar-refractivity contribution in [1.29, 1.82) is 0 Å². The minimum atomic E-state index is -0.101. The van der Waals surface area contributed by atoms with Crippen LogP contribution in [0.25, 0.3) is 55.0 Å². The van der Waals surface area contributed by atoms with Gasteiger partial charge in [-0.05, 0) is 65.6 Å². The lowest BCUT2D eigenvalue weighted by molar-refractivity contribution is 0.382. The van der Waals surface area contributed by atoms with E-state index in [1.54, 1.807) is 16.7 Å². The number of aromatic nitrogens is 2. The predicted molar refractivity (Wildman–Crippen MR) is 155 cm³/mol. The molecule has 1 fully saturated rings. The highest BCUT2D eigenvalue weighted by molar-refractivity contribution is 6.16. The zero-order valence-electron chi connectivity index (χ0n) is 20.9. The molecule has 0 radical (unpaired) electrons. The van der Waals surface area contributed by atoms with E-state index in [9.17, 15) is 0 Å². The Kier molecular flexibility index (Phi) is 2.92. The highest BCUT2D eigenvalue weighted by atomic mass is 15.1. The molecular formula is C36H24N2. The lowest BCUT2D eigenvalue weighted by atomic mass is 9.60. The Morgan fingerprint density at radius 2 is 1.21 bits per heavy atom. The van der Waals surface area contributed by atoms with E-state index in [1.165, 1.54) is 79.8 Å². The normalized spacial score (nSPS) is 23.6. The average molecular weight is 485 g/mol. The zero-order chi connectivity index (χ0) is 24.3. The van der Waals surface area contributed by atoms with Gasteiger partial charge in [-0.15, -0.1) is 0 Å². The summed E-state index contributed by atoms with van der Waals surface area (Å²) in [5.41, 5.74) is 14.5. The van der Waals surface area contributed by atoms with Crippen LogP contribution in [0.15, 0.2) is 97.1 Å². The number of benzene rings is 5. The molecule has 11 rings (SSSR count). The van der Waals surface area contributed by atoms with Crippen LogP contribution in [0.5, 0.6) is 0 Å². The third kappa shape index (κ3) is 1.70.